The standard InChI is InChI=1S/C22H25N5O7/c1-13-9-15(7-8-16(13)21(31)32)20(23)26-27-24-11-18(28)17(10-19(29)30)25-22(33)34-12-14-5-3-2-4-6-14/h2-8,13,17H,9-12H2,1H3,(H,25,33)(H,29,30)(H,31,32)(H2,23,24,26). The van der Waals surface area contributed by atoms with Crippen LogP contribution < -0.4 is 11.1 Å². The number of allylic oxidation sites excluding steroid dienone is 2. The maximum Gasteiger partial charge on any atom is 0.408 e. The summed E-state index contributed by atoms with van der Waals surface area (Å²) in [6.07, 6.45) is 1.70. The van der Waals surface area contributed by atoms with E-state index in [0.29, 0.717) is 12.0 Å². The van der Waals surface area contributed by atoms with Gasteiger partial charge in [-0.05, 0) is 28.7 Å². The number of carbonyl (C=O) groups excluding carboxylic acids is 2. The molecular weight excluding hydrogens is 446 g/mol. The molecule has 1 aromatic carbocycles. The van der Waals surface area contributed by atoms with Crippen LogP contribution in [-0.2, 0) is 25.7 Å². The number of ether oxygens (including phenoxy) is 1. The summed E-state index contributed by atoms with van der Waals surface area (Å²) >= 11 is 0. The number of alkyl carbamates (subject to hydrolysis) is 1. The molecular formula is C22H25N5O7. The van der Waals surface area contributed by atoms with Gasteiger partial charge >= 0.3 is 18.0 Å². The largest absolute Gasteiger partial charge is 0.481 e. The van der Waals surface area contributed by atoms with Gasteiger partial charge in [-0.25, -0.2) is 9.59 Å². The van der Waals surface area contributed by atoms with Crippen molar-refractivity contribution in [3.05, 3.63) is 59.2 Å². The van der Waals surface area contributed by atoms with Crippen molar-refractivity contribution in [2.24, 2.45) is 27.1 Å². The van der Waals surface area contributed by atoms with Gasteiger partial charge in [0.25, 0.3) is 0 Å². The highest BCUT2D eigenvalue weighted by molar-refractivity contribution is 5.98. The monoisotopic (exact) mass is 471 g/mol. The third kappa shape index (κ3) is 8.30. The van der Waals surface area contributed by atoms with Crippen molar-refractivity contribution in [2.45, 2.75) is 32.4 Å². The first-order valence-corrected chi connectivity index (χ1v) is 10.2. The number of hydrogen-bond donors (Lipinski definition) is 4. The van der Waals surface area contributed by atoms with E-state index in [1.54, 1.807) is 37.3 Å². The van der Waals surface area contributed by atoms with Crippen molar-refractivity contribution in [3.8, 4) is 0 Å². The van der Waals surface area contributed by atoms with E-state index in [1.165, 1.54) is 12.2 Å². The SMILES string of the molecule is CC1CC(C(N)=NN=NCC(=O)C(CC(=O)O)NC(=O)OCc2ccccc2)=CC=C1C(=O)O. The van der Waals surface area contributed by atoms with Crippen LogP contribution in [0, 0.1) is 5.92 Å². The lowest BCUT2D eigenvalue weighted by molar-refractivity contribution is -0.139. The zero-order valence-electron chi connectivity index (χ0n) is 18.4. The van der Waals surface area contributed by atoms with Crippen molar-refractivity contribution in [1.82, 2.24) is 5.32 Å². The number of benzene rings is 1. The number of carboxylic acid groups (broad SMARTS) is 2. The predicted octanol–water partition coefficient (Wildman–Crippen LogP) is 2.03. The first kappa shape index (κ1) is 25.9. The van der Waals surface area contributed by atoms with Crippen molar-refractivity contribution < 1.29 is 34.1 Å². The Morgan fingerprint density at radius 2 is 1.88 bits per heavy atom. The number of nitrogens with zero attached hydrogens (tertiary/aromatic N) is 3. The Labute approximate surface area is 194 Å². The molecule has 2 atom stereocenters. The third-order valence-electron chi connectivity index (χ3n) is 4.81. The molecule has 2 unspecified atom stereocenters. The Morgan fingerprint density at radius 1 is 1.18 bits per heavy atom. The van der Waals surface area contributed by atoms with E-state index in [9.17, 15) is 19.2 Å². The zero-order chi connectivity index (χ0) is 25.1. The number of carboxylic acids is 2. The molecule has 1 aromatic rings. The van der Waals surface area contributed by atoms with Crippen LogP contribution >= 0.6 is 0 Å². The maximum absolute atomic E-state index is 12.3. The smallest absolute Gasteiger partial charge is 0.408 e. The molecule has 0 saturated heterocycles. The number of amides is 1. The highest BCUT2D eigenvalue weighted by atomic mass is 16.5. The lowest BCUT2D eigenvalue weighted by atomic mass is 9.88. The van der Waals surface area contributed by atoms with Gasteiger partial charge in [-0.15, -0.1) is 5.10 Å². The first-order chi connectivity index (χ1) is 16.2. The van der Waals surface area contributed by atoms with Crippen molar-refractivity contribution in [1.29, 1.82) is 0 Å². The Hall–Kier alpha value is -4.35. The van der Waals surface area contributed by atoms with Crippen molar-refractivity contribution in [3.63, 3.8) is 0 Å². The fraction of sp³-hybridized carbons (Fsp3) is 0.318. The Bertz CT molecular complexity index is 1050. The van der Waals surface area contributed by atoms with Crippen LogP contribution in [0.25, 0.3) is 0 Å². The quantitative estimate of drug-likeness (QED) is 0.163. The molecule has 2 rings (SSSR count). The summed E-state index contributed by atoms with van der Waals surface area (Å²) in [7, 11) is 0. The Balaban J connectivity index is 1.92. The van der Waals surface area contributed by atoms with Crippen LogP contribution in [-0.4, -0.2) is 52.5 Å². The summed E-state index contributed by atoms with van der Waals surface area (Å²) in [6.45, 7) is 1.14. The molecule has 12 heteroatoms. The number of nitrogens with one attached hydrogen (secondary N) is 1. The summed E-state index contributed by atoms with van der Waals surface area (Å²) in [4.78, 5) is 46.5. The lowest BCUT2D eigenvalue weighted by Crippen LogP contribution is -2.43. The molecule has 0 heterocycles. The van der Waals surface area contributed by atoms with Gasteiger partial charge < -0.3 is 26.0 Å². The molecule has 0 aliphatic heterocycles. The molecule has 180 valence electrons. The molecule has 1 aliphatic carbocycles. The van der Waals surface area contributed by atoms with E-state index in [2.05, 4.69) is 20.8 Å². The van der Waals surface area contributed by atoms with Gasteiger partial charge in [0.05, 0.1) is 6.42 Å². The average Bonchev–Trinajstić information content (AvgIpc) is 2.79. The Morgan fingerprint density at radius 3 is 2.50 bits per heavy atom. The summed E-state index contributed by atoms with van der Waals surface area (Å²) in [5, 5.41) is 31.1. The fourth-order valence-electron chi connectivity index (χ4n) is 3.02. The van der Waals surface area contributed by atoms with E-state index >= 15 is 0 Å². The average molecular weight is 471 g/mol. The fourth-order valence-corrected chi connectivity index (χ4v) is 3.02. The highest BCUT2D eigenvalue weighted by Gasteiger charge is 2.24. The van der Waals surface area contributed by atoms with Gasteiger partial charge in [0.1, 0.15) is 19.2 Å². The van der Waals surface area contributed by atoms with Gasteiger partial charge in [-0.2, -0.15) is 5.11 Å². The van der Waals surface area contributed by atoms with E-state index in [0.717, 1.165) is 5.56 Å². The molecule has 1 amide bonds. The highest BCUT2D eigenvalue weighted by Crippen LogP contribution is 2.25. The summed E-state index contributed by atoms with van der Waals surface area (Å²) in [5.41, 5.74) is 7.38. The van der Waals surface area contributed by atoms with Crippen LogP contribution in [0.3, 0.4) is 0 Å². The number of rotatable bonds is 11. The normalized spacial score (nSPS) is 16.9. The molecule has 0 fully saturated rings. The summed E-state index contributed by atoms with van der Waals surface area (Å²) < 4.78 is 5.01. The van der Waals surface area contributed by atoms with Crippen LogP contribution in [0.15, 0.2) is 69.1 Å². The minimum absolute atomic E-state index is 0.00781. The summed E-state index contributed by atoms with van der Waals surface area (Å²) in [6, 6.07) is 7.45. The topological polar surface area (TPSA) is 193 Å². The number of Topliss-reactive ketones (excluding diaryl/α,β-unsaturated/α-hetero) is 1. The van der Waals surface area contributed by atoms with Crippen LogP contribution in [0.4, 0.5) is 4.79 Å². The number of aliphatic carboxylic acids is 2. The number of carbonyl (C=O) groups is 4. The number of ketones is 1. The van der Waals surface area contributed by atoms with Gasteiger partial charge in [-0.3, -0.25) is 9.59 Å². The number of nitrogens with two attached hydrogens (primary N) is 1. The van der Waals surface area contributed by atoms with Gasteiger partial charge in [-0.1, -0.05) is 49.4 Å². The molecule has 1 aliphatic rings. The molecule has 12 nitrogen and oxygen atoms in total. The lowest BCUT2D eigenvalue weighted by Gasteiger charge is -2.18. The molecule has 0 spiro atoms. The van der Waals surface area contributed by atoms with Crippen LogP contribution in [0.2, 0.25) is 0 Å². The first-order valence-electron chi connectivity index (χ1n) is 10.2. The second-order valence-corrected chi connectivity index (χ2v) is 7.42. The zero-order valence-corrected chi connectivity index (χ0v) is 18.4. The predicted molar refractivity (Wildman–Crippen MR) is 120 cm³/mol. The van der Waals surface area contributed by atoms with E-state index in [4.69, 9.17) is 20.7 Å². The minimum Gasteiger partial charge on any atom is -0.481 e. The van der Waals surface area contributed by atoms with Gasteiger partial charge in [0.2, 0.25) is 0 Å². The van der Waals surface area contributed by atoms with Crippen molar-refractivity contribution >= 4 is 29.7 Å². The molecule has 0 saturated carbocycles. The van der Waals surface area contributed by atoms with Gasteiger partial charge in [0.15, 0.2) is 11.6 Å². The second kappa shape index (κ2) is 12.6. The molecule has 34 heavy (non-hydrogen) atoms. The molecule has 0 radical (unpaired) electrons. The molecule has 0 bridgehead atoms. The van der Waals surface area contributed by atoms with E-state index < -0.39 is 42.8 Å². The second-order valence-electron chi connectivity index (χ2n) is 7.42. The number of hydrogen-bond acceptors (Lipinski definition) is 7. The minimum atomic E-state index is -1.37. The van der Waals surface area contributed by atoms with Crippen LogP contribution in [0.1, 0.15) is 25.3 Å². The van der Waals surface area contributed by atoms with Crippen LogP contribution in [0.5, 0.6) is 0 Å². The molecule has 0 aromatic heterocycles. The third-order valence-corrected chi connectivity index (χ3v) is 4.81. The van der Waals surface area contributed by atoms with Gasteiger partial charge in [0, 0.05) is 5.57 Å². The molecule has 5 N–H and O–H groups in total. The van der Waals surface area contributed by atoms with E-state index in [-0.39, 0.29) is 23.9 Å². The Kier molecular flexibility index (Phi) is 9.62. The number of amidine groups is 1. The van der Waals surface area contributed by atoms with Crippen molar-refractivity contribution in [2.75, 3.05) is 6.54 Å². The van der Waals surface area contributed by atoms with E-state index in [1.807, 2.05) is 0 Å². The summed E-state index contributed by atoms with van der Waals surface area (Å²) in [5.74, 6) is -3.28. The maximum atomic E-state index is 12.3.